The van der Waals surface area contributed by atoms with Gasteiger partial charge in [-0.15, -0.1) is 0 Å². The molecule has 5 unspecified atom stereocenters. The van der Waals surface area contributed by atoms with E-state index in [0.29, 0.717) is 6.42 Å². The van der Waals surface area contributed by atoms with Crippen molar-refractivity contribution in [2.45, 2.75) is 70.1 Å². The number of carbonyl (C=O) groups excluding carboxylic acids is 4. The van der Waals surface area contributed by atoms with Gasteiger partial charge in [0.1, 0.15) is 18.1 Å². The quantitative estimate of drug-likeness (QED) is 0.112. The third-order valence-corrected chi connectivity index (χ3v) is 4.91. The lowest BCUT2D eigenvalue weighted by molar-refractivity contribution is -0.144. The number of nitrogens with one attached hydrogen (secondary N) is 3. The van der Waals surface area contributed by atoms with Crippen LogP contribution in [-0.4, -0.2) is 81.7 Å². The van der Waals surface area contributed by atoms with Gasteiger partial charge >= 0.3 is 11.9 Å². The molecule has 188 valence electrons. The van der Waals surface area contributed by atoms with Gasteiger partial charge in [-0.3, -0.25) is 24.0 Å². The van der Waals surface area contributed by atoms with Gasteiger partial charge in [-0.1, -0.05) is 20.3 Å². The van der Waals surface area contributed by atoms with E-state index < -0.39 is 78.7 Å². The summed E-state index contributed by atoms with van der Waals surface area (Å²) in [5, 5.41) is 33.8. The molecule has 14 heteroatoms. The van der Waals surface area contributed by atoms with E-state index in [0.717, 1.165) is 0 Å². The maximum Gasteiger partial charge on any atom is 0.328 e. The number of aliphatic carboxylic acids is 2. The lowest BCUT2D eigenvalue weighted by Crippen LogP contribution is -2.59. The van der Waals surface area contributed by atoms with Crippen LogP contribution in [0.4, 0.5) is 0 Å². The number of primary amides is 1. The van der Waals surface area contributed by atoms with Crippen molar-refractivity contribution in [3.8, 4) is 0 Å². The molecule has 10 N–H and O–H groups in total. The first-order valence-electron chi connectivity index (χ1n) is 10.3. The number of hydrogen-bond donors (Lipinski definition) is 8. The third-order valence-electron chi connectivity index (χ3n) is 4.91. The summed E-state index contributed by atoms with van der Waals surface area (Å²) in [7, 11) is 0. The number of nitrogens with two attached hydrogens (primary N) is 2. The highest BCUT2D eigenvalue weighted by molar-refractivity contribution is 5.94. The number of carboxylic acid groups (broad SMARTS) is 2. The Balaban J connectivity index is 5.50. The van der Waals surface area contributed by atoms with Crippen LogP contribution in [-0.2, 0) is 28.8 Å². The summed E-state index contributed by atoms with van der Waals surface area (Å²) in [4.78, 5) is 70.6. The minimum Gasteiger partial charge on any atom is -0.481 e. The number of aliphatic hydroxyl groups excluding tert-OH is 1. The Hall–Kier alpha value is -3.26. The number of amides is 4. The Morgan fingerprint density at radius 1 is 0.848 bits per heavy atom. The molecule has 0 aliphatic carbocycles. The molecule has 0 aromatic rings. The van der Waals surface area contributed by atoms with Crippen LogP contribution in [0.3, 0.4) is 0 Å². The van der Waals surface area contributed by atoms with E-state index in [9.17, 15) is 28.8 Å². The minimum atomic E-state index is -1.66. The number of carbonyl (C=O) groups is 6. The van der Waals surface area contributed by atoms with Gasteiger partial charge in [-0.2, -0.15) is 0 Å². The zero-order chi connectivity index (χ0) is 25.7. The van der Waals surface area contributed by atoms with Crippen LogP contribution < -0.4 is 27.4 Å². The monoisotopic (exact) mass is 475 g/mol. The molecule has 0 spiro atoms. The summed E-state index contributed by atoms with van der Waals surface area (Å²) in [5.74, 6) is -6.42. The lowest BCUT2D eigenvalue weighted by Gasteiger charge is -2.27. The van der Waals surface area contributed by atoms with Crippen molar-refractivity contribution in [2.75, 3.05) is 6.61 Å². The normalized spacial score (nSPS) is 15.3. The van der Waals surface area contributed by atoms with Gasteiger partial charge in [-0.25, -0.2) is 4.79 Å². The molecule has 5 atom stereocenters. The van der Waals surface area contributed by atoms with Crippen molar-refractivity contribution in [3.63, 3.8) is 0 Å². The Kier molecular flexibility index (Phi) is 13.3. The molecule has 0 aromatic heterocycles. The van der Waals surface area contributed by atoms with E-state index in [4.69, 9.17) is 26.8 Å². The molecule has 14 nitrogen and oxygen atoms in total. The zero-order valence-corrected chi connectivity index (χ0v) is 18.6. The van der Waals surface area contributed by atoms with Crippen molar-refractivity contribution >= 4 is 35.6 Å². The van der Waals surface area contributed by atoms with Crippen molar-refractivity contribution < 1.29 is 44.1 Å². The first kappa shape index (κ1) is 29.7. The molecule has 33 heavy (non-hydrogen) atoms. The van der Waals surface area contributed by atoms with Crippen LogP contribution in [0.5, 0.6) is 0 Å². The molecule has 4 amide bonds. The standard InChI is InChI=1S/C19H33N5O9/c1-3-9(2)15(24-16(29)10(20)4-6-13(21)26)18(31)22-11(5-7-14(27)28)17(30)23-12(8-25)19(32)33/h9-12,15,25H,3-8,20H2,1-2H3,(H2,21,26)(H,22,31)(H,23,30)(H,24,29)(H,27,28)(H,32,33). The fourth-order valence-electron chi connectivity index (χ4n) is 2.65. The van der Waals surface area contributed by atoms with Crippen LogP contribution in [0.1, 0.15) is 46.0 Å². The average molecular weight is 475 g/mol. The van der Waals surface area contributed by atoms with Gasteiger partial charge in [0.05, 0.1) is 12.6 Å². The maximum absolute atomic E-state index is 12.9. The minimum absolute atomic E-state index is 0.0443. The molecule has 0 aromatic carbocycles. The molecular formula is C19H33N5O9. The Morgan fingerprint density at radius 2 is 1.42 bits per heavy atom. The van der Waals surface area contributed by atoms with E-state index >= 15 is 0 Å². The van der Waals surface area contributed by atoms with Gasteiger partial charge in [0.15, 0.2) is 0 Å². The second-order valence-corrected chi connectivity index (χ2v) is 7.56. The second-order valence-electron chi connectivity index (χ2n) is 7.56. The summed E-state index contributed by atoms with van der Waals surface area (Å²) in [6.07, 6.45) is -0.636. The first-order chi connectivity index (χ1) is 15.3. The Bertz CT molecular complexity index is 730. The molecule has 0 rings (SSSR count). The Morgan fingerprint density at radius 3 is 1.88 bits per heavy atom. The Labute approximate surface area is 190 Å². The molecule has 0 bridgehead atoms. The number of hydrogen-bond acceptors (Lipinski definition) is 8. The van der Waals surface area contributed by atoms with E-state index in [1.54, 1.807) is 13.8 Å². The fourth-order valence-corrected chi connectivity index (χ4v) is 2.65. The van der Waals surface area contributed by atoms with Crippen LogP contribution in [0, 0.1) is 5.92 Å². The zero-order valence-electron chi connectivity index (χ0n) is 18.6. The van der Waals surface area contributed by atoms with Crippen molar-refractivity contribution in [3.05, 3.63) is 0 Å². The third kappa shape index (κ3) is 11.2. The van der Waals surface area contributed by atoms with E-state index in [-0.39, 0.29) is 19.3 Å². The summed E-state index contributed by atoms with van der Waals surface area (Å²) in [5.41, 5.74) is 10.8. The van der Waals surface area contributed by atoms with Gasteiger partial charge in [0.2, 0.25) is 23.6 Å². The average Bonchev–Trinajstić information content (AvgIpc) is 2.75. The molecule has 0 heterocycles. The van der Waals surface area contributed by atoms with Gasteiger partial charge in [0.25, 0.3) is 0 Å². The lowest BCUT2D eigenvalue weighted by atomic mass is 9.96. The van der Waals surface area contributed by atoms with Crippen LogP contribution in [0.25, 0.3) is 0 Å². The van der Waals surface area contributed by atoms with Gasteiger partial charge < -0.3 is 42.7 Å². The maximum atomic E-state index is 12.9. The molecule has 0 aliphatic rings. The van der Waals surface area contributed by atoms with Crippen LogP contribution >= 0.6 is 0 Å². The predicted molar refractivity (Wildman–Crippen MR) is 113 cm³/mol. The fraction of sp³-hybridized carbons (Fsp3) is 0.684. The highest BCUT2D eigenvalue weighted by Gasteiger charge is 2.32. The largest absolute Gasteiger partial charge is 0.481 e. The first-order valence-corrected chi connectivity index (χ1v) is 10.3. The molecule has 0 radical (unpaired) electrons. The highest BCUT2D eigenvalue weighted by Crippen LogP contribution is 2.10. The number of carboxylic acids is 2. The molecule has 0 aliphatic heterocycles. The van der Waals surface area contributed by atoms with Crippen LogP contribution in [0.15, 0.2) is 0 Å². The summed E-state index contributed by atoms with van der Waals surface area (Å²) < 4.78 is 0. The van der Waals surface area contributed by atoms with Crippen molar-refractivity contribution in [1.29, 1.82) is 0 Å². The molecule has 0 fully saturated rings. The second kappa shape index (κ2) is 14.7. The summed E-state index contributed by atoms with van der Waals surface area (Å²) in [6.45, 7) is 2.48. The summed E-state index contributed by atoms with van der Waals surface area (Å²) >= 11 is 0. The molecule has 0 saturated heterocycles. The van der Waals surface area contributed by atoms with E-state index in [2.05, 4.69) is 10.6 Å². The number of rotatable bonds is 16. The van der Waals surface area contributed by atoms with Gasteiger partial charge in [-0.05, 0) is 18.8 Å². The summed E-state index contributed by atoms with van der Waals surface area (Å²) in [6, 6.07) is -5.39. The van der Waals surface area contributed by atoms with Gasteiger partial charge in [0, 0.05) is 12.8 Å². The SMILES string of the molecule is CCC(C)C(NC(=O)C(N)CCC(N)=O)C(=O)NC(CCC(=O)O)C(=O)NC(CO)C(=O)O. The number of aliphatic hydroxyl groups is 1. The highest BCUT2D eigenvalue weighted by atomic mass is 16.4. The topological polar surface area (TPSA) is 251 Å². The molecular weight excluding hydrogens is 442 g/mol. The van der Waals surface area contributed by atoms with E-state index in [1.165, 1.54) is 0 Å². The van der Waals surface area contributed by atoms with E-state index in [1.807, 2.05) is 5.32 Å². The van der Waals surface area contributed by atoms with Crippen molar-refractivity contribution in [2.24, 2.45) is 17.4 Å². The van der Waals surface area contributed by atoms with Crippen LogP contribution in [0.2, 0.25) is 0 Å². The van der Waals surface area contributed by atoms with Crippen molar-refractivity contribution in [1.82, 2.24) is 16.0 Å². The molecule has 0 saturated carbocycles. The predicted octanol–water partition coefficient (Wildman–Crippen LogP) is -2.98. The smallest absolute Gasteiger partial charge is 0.328 e.